The van der Waals surface area contributed by atoms with Crippen LogP contribution in [-0.2, 0) is 19.4 Å². The minimum Gasteiger partial charge on any atom is -0.312 e. The normalized spacial score (nSPS) is 14.1. The molecule has 0 N–H and O–H groups in total. The Hall–Kier alpha value is -2.36. The van der Waals surface area contributed by atoms with Crippen LogP contribution >= 0.6 is 0 Å². The number of carbonyl (C=O) groups is 1. The summed E-state index contributed by atoms with van der Waals surface area (Å²) in [6, 6.07) is 11.4. The molecular weight excluding hydrogens is 336 g/mol. The van der Waals surface area contributed by atoms with Crippen molar-refractivity contribution in [3.8, 4) is 0 Å². The predicted molar refractivity (Wildman–Crippen MR) is 111 cm³/mol. The third-order valence-electron chi connectivity index (χ3n) is 5.51. The lowest BCUT2D eigenvalue weighted by molar-refractivity contribution is 0.0990. The van der Waals surface area contributed by atoms with Crippen LogP contribution in [0.5, 0.6) is 0 Å². The molecule has 1 aromatic heterocycles. The molecule has 4 heteroatoms. The first-order valence-corrected chi connectivity index (χ1v) is 10.2. The number of rotatable bonds is 5. The van der Waals surface area contributed by atoms with Gasteiger partial charge in [0.1, 0.15) is 5.56 Å². The van der Waals surface area contributed by atoms with Crippen LogP contribution in [0, 0.1) is 0 Å². The Morgan fingerprint density at radius 1 is 1.07 bits per heavy atom. The molecule has 0 bridgehead atoms. The number of pyridine rings is 1. The van der Waals surface area contributed by atoms with Gasteiger partial charge in [-0.25, -0.2) is 0 Å². The van der Waals surface area contributed by atoms with Crippen LogP contribution in [0.1, 0.15) is 67.1 Å². The fourth-order valence-electron chi connectivity index (χ4n) is 3.89. The number of carbonyl (C=O) groups excluding carboxylic acids is 1. The van der Waals surface area contributed by atoms with Gasteiger partial charge in [-0.15, -0.1) is 0 Å². The fraction of sp³-hybridized carbons (Fsp3) is 0.478. The van der Waals surface area contributed by atoms with Gasteiger partial charge in [0, 0.05) is 25.0 Å². The number of unbranched alkanes of at least 4 members (excludes halogenated alkanes) is 1. The van der Waals surface area contributed by atoms with Crippen LogP contribution in [0.15, 0.2) is 41.2 Å². The number of anilines is 1. The van der Waals surface area contributed by atoms with E-state index in [2.05, 4.69) is 6.92 Å². The van der Waals surface area contributed by atoms with Crippen molar-refractivity contribution >= 4 is 11.6 Å². The van der Waals surface area contributed by atoms with Crippen LogP contribution in [0.4, 0.5) is 5.69 Å². The molecule has 144 valence electrons. The summed E-state index contributed by atoms with van der Waals surface area (Å²) < 4.78 is 1.90. The topological polar surface area (TPSA) is 42.3 Å². The van der Waals surface area contributed by atoms with E-state index in [0.29, 0.717) is 12.1 Å². The number of aryl methyl sites for hydroxylation is 1. The van der Waals surface area contributed by atoms with E-state index in [9.17, 15) is 9.59 Å². The van der Waals surface area contributed by atoms with Gasteiger partial charge in [0.05, 0.1) is 0 Å². The molecule has 3 rings (SSSR count). The highest BCUT2D eigenvalue weighted by molar-refractivity contribution is 6.05. The third-order valence-corrected chi connectivity index (χ3v) is 5.51. The van der Waals surface area contributed by atoms with Gasteiger partial charge in [-0.3, -0.25) is 9.59 Å². The maximum Gasteiger partial charge on any atom is 0.263 e. The van der Waals surface area contributed by atoms with Crippen LogP contribution in [0.3, 0.4) is 0 Å². The van der Waals surface area contributed by atoms with Gasteiger partial charge in [-0.05, 0) is 55.9 Å². The van der Waals surface area contributed by atoms with E-state index >= 15 is 0 Å². The van der Waals surface area contributed by atoms with Crippen molar-refractivity contribution in [2.24, 2.45) is 0 Å². The smallest absolute Gasteiger partial charge is 0.263 e. The number of amides is 1. The number of fused-ring (bicyclic) bond motifs is 1. The van der Waals surface area contributed by atoms with Crippen LogP contribution in [-0.4, -0.2) is 17.5 Å². The number of aromatic nitrogens is 1. The second-order valence-electron chi connectivity index (χ2n) is 7.45. The molecule has 2 aromatic rings. The van der Waals surface area contributed by atoms with Crippen LogP contribution in [0.25, 0.3) is 0 Å². The molecule has 0 aliphatic heterocycles. The molecule has 0 saturated carbocycles. The molecule has 0 radical (unpaired) electrons. The number of hydrogen-bond acceptors (Lipinski definition) is 2. The molecule has 1 amide bonds. The van der Waals surface area contributed by atoms with E-state index in [1.54, 1.807) is 11.9 Å². The molecule has 1 aliphatic rings. The molecule has 0 atom stereocenters. The van der Waals surface area contributed by atoms with Gasteiger partial charge >= 0.3 is 0 Å². The SMILES string of the molecule is CCCCn1c2c(cc(C(=O)N(C)c3ccccc3)c1=O)CCCCCC2. The first-order chi connectivity index (χ1) is 13.1. The molecule has 1 aromatic carbocycles. The van der Waals surface area contributed by atoms with Crippen molar-refractivity contribution < 1.29 is 4.79 Å². The summed E-state index contributed by atoms with van der Waals surface area (Å²) in [5.74, 6) is -0.221. The highest BCUT2D eigenvalue weighted by atomic mass is 16.2. The standard InChI is InChI=1S/C23H30N2O2/c1-3-4-16-25-21-15-11-6-5-8-12-18(21)17-20(23(25)27)22(26)24(2)19-13-9-7-10-14-19/h7,9-10,13-14,17H,3-6,8,11-12,15-16H2,1-2H3. The average Bonchev–Trinajstić information content (AvgIpc) is 2.68. The molecule has 0 fully saturated rings. The summed E-state index contributed by atoms with van der Waals surface area (Å²) in [4.78, 5) is 28.0. The van der Waals surface area contributed by atoms with Gasteiger partial charge in [0.25, 0.3) is 11.5 Å². The van der Waals surface area contributed by atoms with E-state index in [0.717, 1.165) is 49.9 Å². The summed E-state index contributed by atoms with van der Waals surface area (Å²) in [7, 11) is 1.74. The maximum atomic E-state index is 13.2. The van der Waals surface area contributed by atoms with Crippen molar-refractivity contribution in [2.75, 3.05) is 11.9 Å². The van der Waals surface area contributed by atoms with Crippen molar-refractivity contribution in [3.05, 3.63) is 63.6 Å². The van der Waals surface area contributed by atoms with E-state index < -0.39 is 0 Å². The molecule has 0 saturated heterocycles. The lowest BCUT2D eigenvalue weighted by atomic mass is 9.95. The maximum absolute atomic E-state index is 13.2. The lowest BCUT2D eigenvalue weighted by Crippen LogP contribution is -2.36. The first-order valence-electron chi connectivity index (χ1n) is 10.2. The second-order valence-corrected chi connectivity index (χ2v) is 7.45. The Bertz CT molecular complexity index is 839. The highest BCUT2D eigenvalue weighted by Gasteiger charge is 2.22. The minimum absolute atomic E-state index is 0.129. The quantitative estimate of drug-likeness (QED) is 0.777. The number of benzene rings is 1. The fourth-order valence-corrected chi connectivity index (χ4v) is 3.89. The van der Waals surface area contributed by atoms with Crippen molar-refractivity contribution in [1.29, 1.82) is 0 Å². The molecule has 0 unspecified atom stereocenters. The summed E-state index contributed by atoms with van der Waals surface area (Å²) in [5.41, 5.74) is 3.32. The van der Waals surface area contributed by atoms with Gasteiger partial charge in [-0.2, -0.15) is 0 Å². The van der Waals surface area contributed by atoms with Crippen molar-refractivity contribution in [1.82, 2.24) is 4.57 Å². The molecule has 1 heterocycles. The summed E-state index contributed by atoms with van der Waals surface area (Å²) in [5, 5.41) is 0. The van der Waals surface area contributed by atoms with Crippen molar-refractivity contribution in [2.45, 2.75) is 64.8 Å². The van der Waals surface area contributed by atoms with E-state index in [1.807, 2.05) is 41.0 Å². The molecule has 0 spiro atoms. The second kappa shape index (κ2) is 9.03. The van der Waals surface area contributed by atoms with Gasteiger partial charge in [-0.1, -0.05) is 44.4 Å². The number of para-hydroxylation sites is 1. The van der Waals surface area contributed by atoms with Crippen LogP contribution in [0.2, 0.25) is 0 Å². The zero-order valence-electron chi connectivity index (χ0n) is 16.5. The Morgan fingerprint density at radius 3 is 2.48 bits per heavy atom. The van der Waals surface area contributed by atoms with Crippen molar-refractivity contribution in [3.63, 3.8) is 0 Å². The molecule has 27 heavy (non-hydrogen) atoms. The summed E-state index contributed by atoms with van der Waals surface area (Å²) in [6.45, 7) is 2.83. The van der Waals surface area contributed by atoms with Gasteiger partial charge in [0.15, 0.2) is 0 Å². The minimum atomic E-state index is -0.221. The third kappa shape index (κ3) is 4.32. The molecule has 4 nitrogen and oxygen atoms in total. The van der Waals surface area contributed by atoms with E-state index in [1.165, 1.54) is 18.4 Å². The van der Waals surface area contributed by atoms with Gasteiger partial charge in [0.2, 0.25) is 0 Å². The Balaban J connectivity index is 2.05. The Morgan fingerprint density at radius 2 is 1.78 bits per heavy atom. The molecular formula is C23H30N2O2. The van der Waals surface area contributed by atoms with Gasteiger partial charge < -0.3 is 9.47 Å². The summed E-state index contributed by atoms with van der Waals surface area (Å²) in [6.07, 6.45) is 8.58. The Labute approximate surface area is 161 Å². The lowest BCUT2D eigenvalue weighted by Gasteiger charge is -2.23. The monoisotopic (exact) mass is 366 g/mol. The average molecular weight is 367 g/mol. The number of hydrogen-bond donors (Lipinski definition) is 0. The molecule has 1 aliphatic carbocycles. The van der Waals surface area contributed by atoms with E-state index in [-0.39, 0.29) is 11.5 Å². The number of nitrogens with zero attached hydrogens (tertiary/aromatic N) is 2. The zero-order chi connectivity index (χ0) is 19.2. The highest BCUT2D eigenvalue weighted by Crippen LogP contribution is 2.22. The Kier molecular flexibility index (Phi) is 6.49. The predicted octanol–water partition coefficient (Wildman–Crippen LogP) is 4.58. The zero-order valence-corrected chi connectivity index (χ0v) is 16.5. The largest absolute Gasteiger partial charge is 0.312 e. The van der Waals surface area contributed by atoms with Crippen LogP contribution < -0.4 is 10.5 Å². The summed E-state index contributed by atoms with van der Waals surface area (Å²) >= 11 is 0. The first kappa shape index (κ1) is 19.4. The van der Waals surface area contributed by atoms with E-state index in [4.69, 9.17) is 0 Å².